The summed E-state index contributed by atoms with van der Waals surface area (Å²) in [6.07, 6.45) is 5.78. The number of halogens is 1. The summed E-state index contributed by atoms with van der Waals surface area (Å²) in [7, 11) is 1.89. The smallest absolute Gasteiger partial charge is 0.276 e. The number of aromatic nitrogens is 4. The summed E-state index contributed by atoms with van der Waals surface area (Å²) >= 11 is 3.42. The van der Waals surface area contributed by atoms with E-state index in [0.29, 0.717) is 5.69 Å². The molecule has 0 spiro atoms. The van der Waals surface area contributed by atoms with E-state index in [0.717, 1.165) is 35.1 Å². The molecule has 1 fully saturated rings. The maximum atomic E-state index is 12.7. The Morgan fingerprint density at radius 3 is 2.95 bits per heavy atom. The van der Waals surface area contributed by atoms with Gasteiger partial charge in [-0.25, -0.2) is 0 Å². The Morgan fingerprint density at radius 1 is 1.55 bits per heavy atom. The van der Waals surface area contributed by atoms with Gasteiger partial charge in [-0.3, -0.25) is 14.6 Å². The van der Waals surface area contributed by atoms with E-state index in [9.17, 15) is 4.79 Å². The number of nitrogens with one attached hydrogen (secondary N) is 1. The van der Waals surface area contributed by atoms with Crippen molar-refractivity contribution >= 4 is 21.8 Å². The molecule has 1 saturated heterocycles. The van der Waals surface area contributed by atoms with Crippen LogP contribution in [0.25, 0.3) is 0 Å². The van der Waals surface area contributed by atoms with Crippen molar-refractivity contribution in [2.24, 2.45) is 7.05 Å². The number of hydrogen-bond donors (Lipinski definition) is 1. The Kier molecular flexibility index (Phi) is 3.37. The molecule has 1 unspecified atom stereocenters. The van der Waals surface area contributed by atoms with E-state index in [-0.39, 0.29) is 11.9 Å². The molecule has 2 aromatic heterocycles. The zero-order valence-electron chi connectivity index (χ0n) is 11.4. The minimum Gasteiger partial charge on any atom is -0.330 e. The van der Waals surface area contributed by atoms with Crippen LogP contribution >= 0.6 is 15.9 Å². The van der Waals surface area contributed by atoms with E-state index in [1.54, 1.807) is 4.68 Å². The van der Waals surface area contributed by atoms with Crippen LogP contribution < -0.4 is 0 Å². The first-order chi connectivity index (χ1) is 9.58. The molecule has 2 aromatic rings. The third-order valence-corrected chi connectivity index (χ3v) is 4.67. The second kappa shape index (κ2) is 5.05. The van der Waals surface area contributed by atoms with Gasteiger partial charge in [-0.1, -0.05) is 0 Å². The molecule has 7 heteroatoms. The molecule has 0 aliphatic carbocycles. The summed E-state index contributed by atoms with van der Waals surface area (Å²) in [5.74, 6) is -0.0346. The molecule has 20 heavy (non-hydrogen) atoms. The molecule has 1 aliphatic rings. The van der Waals surface area contributed by atoms with Gasteiger partial charge in [-0.2, -0.15) is 10.2 Å². The monoisotopic (exact) mass is 337 g/mol. The maximum absolute atomic E-state index is 12.7. The quantitative estimate of drug-likeness (QED) is 0.913. The predicted octanol–water partition coefficient (Wildman–Crippen LogP) is 2.19. The first-order valence-corrected chi connectivity index (χ1v) is 7.37. The Hall–Kier alpha value is -1.63. The van der Waals surface area contributed by atoms with Gasteiger partial charge in [0.05, 0.1) is 16.7 Å². The Morgan fingerprint density at radius 2 is 2.35 bits per heavy atom. The summed E-state index contributed by atoms with van der Waals surface area (Å²) in [6.45, 7) is 2.65. The number of aromatic amines is 1. The van der Waals surface area contributed by atoms with Crippen molar-refractivity contribution < 1.29 is 4.79 Å². The largest absolute Gasteiger partial charge is 0.330 e. The summed E-state index contributed by atoms with van der Waals surface area (Å²) in [6, 6.07) is 0.0973. The third-order valence-electron chi connectivity index (χ3n) is 3.70. The number of hydrogen-bond acceptors (Lipinski definition) is 3. The van der Waals surface area contributed by atoms with E-state index in [2.05, 4.69) is 31.2 Å². The molecule has 0 bridgehead atoms. The third kappa shape index (κ3) is 2.15. The second-order valence-corrected chi connectivity index (χ2v) is 5.91. The fourth-order valence-corrected chi connectivity index (χ4v) is 3.01. The molecule has 0 saturated carbocycles. The summed E-state index contributed by atoms with van der Waals surface area (Å²) in [5.41, 5.74) is 2.41. The topological polar surface area (TPSA) is 66.8 Å². The highest BCUT2D eigenvalue weighted by atomic mass is 79.9. The van der Waals surface area contributed by atoms with Crippen LogP contribution in [0.5, 0.6) is 0 Å². The lowest BCUT2D eigenvalue weighted by molar-refractivity contribution is 0.0728. The molecule has 1 amide bonds. The van der Waals surface area contributed by atoms with Crippen molar-refractivity contribution in [3.8, 4) is 0 Å². The minimum absolute atomic E-state index is 0.0346. The van der Waals surface area contributed by atoms with E-state index in [1.165, 1.54) is 0 Å². The molecule has 6 nitrogen and oxygen atoms in total. The lowest BCUT2D eigenvalue weighted by Crippen LogP contribution is -2.31. The number of nitrogens with zero attached hydrogens (tertiary/aromatic N) is 4. The molecule has 0 aromatic carbocycles. The fourth-order valence-electron chi connectivity index (χ4n) is 2.66. The average Bonchev–Trinajstić information content (AvgIpc) is 3.11. The first kappa shape index (κ1) is 13.4. The highest BCUT2D eigenvalue weighted by Crippen LogP contribution is 2.33. The van der Waals surface area contributed by atoms with Crippen molar-refractivity contribution in [3.05, 3.63) is 33.8 Å². The molecular formula is C13H16BrN5O. The van der Waals surface area contributed by atoms with Gasteiger partial charge in [0.25, 0.3) is 5.91 Å². The summed E-state index contributed by atoms with van der Waals surface area (Å²) in [5, 5.41) is 11.1. The molecular weight excluding hydrogens is 322 g/mol. The van der Waals surface area contributed by atoms with E-state index in [1.807, 2.05) is 31.3 Å². The predicted molar refractivity (Wildman–Crippen MR) is 77.2 cm³/mol. The number of rotatable bonds is 2. The van der Waals surface area contributed by atoms with E-state index >= 15 is 0 Å². The Balaban J connectivity index is 1.89. The van der Waals surface area contributed by atoms with Gasteiger partial charge in [0.1, 0.15) is 0 Å². The SMILES string of the molecule is Cc1[nH]nc(C(=O)N2CCCC2c2cnn(C)c2)c1Br. The van der Waals surface area contributed by atoms with Crippen molar-refractivity contribution in [1.82, 2.24) is 24.9 Å². The van der Waals surface area contributed by atoms with Gasteiger partial charge in [0.15, 0.2) is 5.69 Å². The van der Waals surface area contributed by atoms with Crippen LogP contribution in [-0.2, 0) is 7.05 Å². The number of likely N-dealkylation sites (tertiary alicyclic amines) is 1. The highest BCUT2D eigenvalue weighted by Gasteiger charge is 2.33. The Bertz CT molecular complexity index is 647. The van der Waals surface area contributed by atoms with Crippen molar-refractivity contribution in [2.45, 2.75) is 25.8 Å². The molecule has 106 valence electrons. The number of amides is 1. The van der Waals surface area contributed by atoms with Gasteiger partial charge in [0.2, 0.25) is 0 Å². The standard InChI is InChI=1S/C13H16BrN5O/c1-8-11(14)12(17-16-8)13(20)19-5-3-4-10(19)9-6-15-18(2)7-9/h6-7,10H,3-5H2,1-2H3,(H,16,17). The molecule has 1 N–H and O–H groups in total. The number of H-pyrrole nitrogens is 1. The second-order valence-electron chi connectivity index (χ2n) is 5.12. The summed E-state index contributed by atoms with van der Waals surface area (Å²) < 4.78 is 2.52. The van der Waals surface area contributed by atoms with Gasteiger partial charge >= 0.3 is 0 Å². The van der Waals surface area contributed by atoms with Crippen LogP contribution in [0.2, 0.25) is 0 Å². The number of carbonyl (C=O) groups is 1. The molecule has 3 rings (SSSR count). The lowest BCUT2D eigenvalue weighted by Gasteiger charge is -2.23. The zero-order chi connectivity index (χ0) is 14.3. The summed E-state index contributed by atoms with van der Waals surface area (Å²) in [4.78, 5) is 14.5. The van der Waals surface area contributed by atoms with Crippen LogP contribution in [-0.4, -0.2) is 37.3 Å². The van der Waals surface area contributed by atoms with Gasteiger partial charge in [0, 0.05) is 31.0 Å². The van der Waals surface area contributed by atoms with Gasteiger partial charge < -0.3 is 4.90 Å². The van der Waals surface area contributed by atoms with Gasteiger partial charge in [-0.15, -0.1) is 0 Å². The average molecular weight is 338 g/mol. The van der Waals surface area contributed by atoms with Crippen LogP contribution in [0.4, 0.5) is 0 Å². The van der Waals surface area contributed by atoms with Crippen molar-refractivity contribution in [2.75, 3.05) is 6.54 Å². The molecule has 1 atom stereocenters. The lowest BCUT2D eigenvalue weighted by atomic mass is 10.1. The van der Waals surface area contributed by atoms with Crippen molar-refractivity contribution in [1.29, 1.82) is 0 Å². The van der Waals surface area contributed by atoms with Crippen LogP contribution in [0.15, 0.2) is 16.9 Å². The van der Waals surface area contributed by atoms with E-state index in [4.69, 9.17) is 0 Å². The van der Waals surface area contributed by atoms with E-state index < -0.39 is 0 Å². The maximum Gasteiger partial charge on any atom is 0.276 e. The van der Waals surface area contributed by atoms with Crippen LogP contribution in [0, 0.1) is 6.92 Å². The molecule has 0 radical (unpaired) electrons. The minimum atomic E-state index is -0.0346. The highest BCUT2D eigenvalue weighted by molar-refractivity contribution is 9.10. The fraction of sp³-hybridized carbons (Fsp3) is 0.462. The first-order valence-electron chi connectivity index (χ1n) is 6.58. The normalized spacial score (nSPS) is 18.8. The molecule has 1 aliphatic heterocycles. The van der Waals surface area contributed by atoms with Crippen molar-refractivity contribution in [3.63, 3.8) is 0 Å². The number of carbonyl (C=O) groups excluding carboxylic acids is 1. The number of aryl methyl sites for hydroxylation is 2. The Labute approximate surface area is 125 Å². The van der Waals surface area contributed by atoms with Gasteiger partial charge in [-0.05, 0) is 35.7 Å². The van der Waals surface area contributed by atoms with Crippen LogP contribution in [0.1, 0.15) is 40.6 Å². The molecule has 3 heterocycles. The zero-order valence-corrected chi connectivity index (χ0v) is 13.0. The van der Waals surface area contributed by atoms with Crippen LogP contribution in [0.3, 0.4) is 0 Å².